The molecule has 0 aliphatic heterocycles. The lowest BCUT2D eigenvalue weighted by molar-refractivity contribution is 0.301. The number of aromatic nitrogens is 4. The Kier molecular flexibility index (Phi) is 3.41. The molecule has 0 fully saturated rings. The molecule has 0 radical (unpaired) electrons. The maximum Gasteiger partial charge on any atom is 0.157 e. The van der Waals surface area contributed by atoms with Crippen molar-refractivity contribution >= 4 is 10.9 Å². The molecule has 0 aliphatic carbocycles. The van der Waals surface area contributed by atoms with Crippen molar-refractivity contribution in [3.63, 3.8) is 0 Å². The number of fused-ring (bicyclic) bond motifs is 1. The second kappa shape index (κ2) is 5.36. The van der Waals surface area contributed by atoms with Crippen LogP contribution in [-0.2, 0) is 20.2 Å². The van der Waals surface area contributed by atoms with E-state index in [1.54, 1.807) is 6.20 Å². The van der Waals surface area contributed by atoms with Gasteiger partial charge in [-0.05, 0) is 12.5 Å². The molecule has 2 heterocycles. The molecule has 0 bridgehead atoms. The van der Waals surface area contributed by atoms with E-state index in [4.69, 9.17) is 4.74 Å². The molecule has 2 aromatic heterocycles. The van der Waals surface area contributed by atoms with Crippen LogP contribution in [0.1, 0.15) is 19.0 Å². The molecule has 3 rings (SSSR count). The first-order valence-electron chi connectivity index (χ1n) is 6.84. The monoisotopic (exact) mass is 270 g/mol. The average molecular weight is 270 g/mol. The van der Waals surface area contributed by atoms with Crippen LogP contribution in [-0.4, -0.2) is 19.6 Å². The Morgan fingerprint density at radius 2 is 2.10 bits per heavy atom. The summed E-state index contributed by atoms with van der Waals surface area (Å²) in [6, 6.07) is 8.17. The van der Waals surface area contributed by atoms with Crippen molar-refractivity contribution in [2.75, 3.05) is 0 Å². The molecule has 0 saturated carbocycles. The van der Waals surface area contributed by atoms with E-state index in [1.807, 2.05) is 34.7 Å². The van der Waals surface area contributed by atoms with Crippen LogP contribution in [0.15, 0.2) is 36.7 Å². The SMILES string of the molecule is CCCn1cc(OCc2nn(C)c3ccccc23)cn1. The Hall–Kier alpha value is -2.30. The van der Waals surface area contributed by atoms with E-state index in [-0.39, 0.29) is 0 Å². The Bertz CT molecular complexity index is 714. The standard InChI is InChI=1S/C15H18N4O/c1-3-8-19-10-12(9-16-19)20-11-14-13-6-4-5-7-15(13)18(2)17-14/h4-7,9-10H,3,8,11H2,1-2H3. The Morgan fingerprint density at radius 3 is 2.95 bits per heavy atom. The summed E-state index contributed by atoms with van der Waals surface area (Å²) in [7, 11) is 1.95. The molecule has 0 spiro atoms. The number of hydrogen-bond acceptors (Lipinski definition) is 3. The van der Waals surface area contributed by atoms with Crippen LogP contribution in [0.5, 0.6) is 5.75 Å². The predicted octanol–water partition coefficient (Wildman–Crippen LogP) is 2.76. The number of nitrogens with zero attached hydrogens (tertiary/aromatic N) is 4. The molecule has 3 aromatic rings. The van der Waals surface area contributed by atoms with Crippen molar-refractivity contribution in [3.05, 3.63) is 42.4 Å². The number of rotatable bonds is 5. The van der Waals surface area contributed by atoms with Crippen LogP contribution in [0.2, 0.25) is 0 Å². The molecular formula is C15H18N4O. The van der Waals surface area contributed by atoms with Crippen molar-refractivity contribution in [1.29, 1.82) is 0 Å². The highest BCUT2D eigenvalue weighted by molar-refractivity contribution is 5.81. The topological polar surface area (TPSA) is 44.9 Å². The van der Waals surface area contributed by atoms with Crippen LogP contribution < -0.4 is 4.74 Å². The van der Waals surface area contributed by atoms with Crippen LogP contribution in [0.4, 0.5) is 0 Å². The predicted molar refractivity (Wildman–Crippen MR) is 77.6 cm³/mol. The fourth-order valence-electron chi connectivity index (χ4n) is 2.32. The molecule has 5 heteroatoms. The van der Waals surface area contributed by atoms with Crippen LogP contribution in [0.25, 0.3) is 10.9 Å². The largest absolute Gasteiger partial charge is 0.484 e. The van der Waals surface area contributed by atoms with Gasteiger partial charge in [-0.2, -0.15) is 10.2 Å². The number of aryl methyl sites for hydroxylation is 2. The van der Waals surface area contributed by atoms with Gasteiger partial charge in [0, 0.05) is 19.0 Å². The molecule has 0 amide bonds. The zero-order chi connectivity index (χ0) is 13.9. The van der Waals surface area contributed by atoms with Crippen molar-refractivity contribution in [3.8, 4) is 5.75 Å². The van der Waals surface area contributed by atoms with Gasteiger partial charge in [0.05, 0.1) is 17.9 Å². The van der Waals surface area contributed by atoms with E-state index in [0.29, 0.717) is 6.61 Å². The van der Waals surface area contributed by atoms with E-state index in [0.717, 1.165) is 35.3 Å². The molecule has 0 unspecified atom stereocenters. The highest BCUT2D eigenvalue weighted by atomic mass is 16.5. The van der Waals surface area contributed by atoms with Crippen LogP contribution >= 0.6 is 0 Å². The van der Waals surface area contributed by atoms with Gasteiger partial charge >= 0.3 is 0 Å². The second-order valence-electron chi connectivity index (χ2n) is 4.82. The first-order valence-corrected chi connectivity index (χ1v) is 6.84. The fourth-order valence-corrected chi connectivity index (χ4v) is 2.32. The van der Waals surface area contributed by atoms with Gasteiger partial charge in [-0.1, -0.05) is 25.1 Å². The third-order valence-electron chi connectivity index (χ3n) is 3.27. The number of hydrogen-bond donors (Lipinski definition) is 0. The molecule has 0 N–H and O–H groups in total. The molecular weight excluding hydrogens is 252 g/mol. The van der Waals surface area contributed by atoms with Crippen molar-refractivity contribution in [1.82, 2.24) is 19.6 Å². The molecule has 0 atom stereocenters. The summed E-state index contributed by atoms with van der Waals surface area (Å²) in [4.78, 5) is 0. The van der Waals surface area contributed by atoms with Gasteiger partial charge in [0.25, 0.3) is 0 Å². The summed E-state index contributed by atoms with van der Waals surface area (Å²) in [5, 5.41) is 9.90. The van der Waals surface area contributed by atoms with Crippen LogP contribution in [0, 0.1) is 0 Å². The van der Waals surface area contributed by atoms with E-state index >= 15 is 0 Å². The van der Waals surface area contributed by atoms with Gasteiger partial charge in [0.15, 0.2) is 5.75 Å². The summed E-state index contributed by atoms with van der Waals surface area (Å²) in [6.45, 7) is 3.50. The highest BCUT2D eigenvalue weighted by Crippen LogP contribution is 2.19. The normalized spacial score (nSPS) is 11.1. The van der Waals surface area contributed by atoms with E-state index in [1.165, 1.54) is 0 Å². The lowest BCUT2D eigenvalue weighted by Crippen LogP contribution is -1.98. The zero-order valence-electron chi connectivity index (χ0n) is 11.8. The summed E-state index contributed by atoms with van der Waals surface area (Å²) in [5.41, 5.74) is 2.07. The maximum absolute atomic E-state index is 5.78. The number of ether oxygens (including phenoxy) is 1. The van der Waals surface area contributed by atoms with E-state index in [9.17, 15) is 0 Å². The summed E-state index contributed by atoms with van der Waals surface area (Å²) in [6.07, 6.45) is 4.74. The zero-order valence-corrected chi connectivity index (χ0v) is 11.8. The smallest absolute Gasteiger partial charge is 0.157 e. The Labute approximate surface area is 117 Å². The molecule has 0 saturated heterocycles. The first kappa shape index (κ1) is 12.7. The second-order valence-corrected chi connectivity index (χ2v) is 4.82. The number of benzene rings is 1. The quantitative estimate of drug-likeness (QED) is 0.716. The van der Waals surface area contributed by atoms with Crippen molar-refractivity contribution in [2.24, 2.45) is 7.05 Å². The van der Waals surface area contributed by atoms with Gasteiger partial charge in [-0.25, -0.2) is 0 Å². The minimum absolute atomic E-state index is 0.458. The fraction of sp³-hybridized carbons (Fsp3) is 0.333. The van der Waals surface area contributed by atoms with Gasteiger partial charge < -0.3 is 4.74 Å². The molecule has 104 valence electrons. The Balaban J connectivity index is 1.76. The minimum atomic E-state index is 0.458. The Morgan fingerprint density at radius 1 is 1.25 bits per heavy atom. The first-order chi connectivity index (χ1) is 9.78. The maximum atomic E-state index is 5.78. The molecule has 5 nitrogen and oxygen atoms in total. The summed E-state index contributed by atoms with van der Waals surface area (Å²) < 4.78 is 9.56. The van der Waals surface area contributed by atoms with Crippen molar-refractivity contribution in [2.45, 2.75) is 26.5 Å². The van der Waals surface area contributed by atoms with Gasteiger partial charge in [-0.3, -0.25) is 9.36 Å². The van der Waals surface area contributed by atoms with Gasteiger partial charge in [0.2, 0.25) is 0 Å². The lowest BCUT2D eigenvalue weighted by atomic mass is 10.2. The van der Waals surface area contributed by atoms with Crippen LogP contribution in [0.3, 0.4) is 0 Å². The van der Waals surface area contributed by atoms with Crippen molar-refractivity contribution < 1.29 is 4.74 Å². The number of para-hydroxylation sites is 1. The highest BCUT2D eigenvalue weighted by Gasteiger charge is 2.09. The summed E-state index contributed by atoms with van der Waals surface area (Å²) >= 11 is 0. The minimum Gasteiger partial charge on any atom is -0.484 e. The molecule has 1 aromatic carbocycles. The molecule has 20 heavy (non-hydrogen) atoms. The third kappa shape index (κ3) is 2.39. The third-order valence-corrected chi connectivity index (χ3v) is 3.27. The van der Waals surface area contributed by atoms with E-state index < -0.39 is 0 Å². The average Bonchev–Trinajstić information content (AvgIpc) is 3.03. The summed E-state index contributed by atoms with van der Waals surface area (Å²) in [5.74, 6) is 0.785. The van der Waals surface area contributed by atoms with E-state index in [2.05, 4.69) is 29.3 Å². The van der Waals surface area contributed by atoms with Gasteiger partial charge in [-0.15, -0.1) is 0 Å². The lowest BCUT2D eigenvalue weighted by Gasteiger charge is -2.00. The molecule has 0 aliphatic rings. The van der Waals surface area contributed by atoms with Gasteiger partial charge in [0.1, 0.15) is 12.3 Å².